The highest BCUT2D eigenvalue weighted by atomic mass is 16.6. The molecule has 0 aromatic carbocycles. The molecule has 0 aliphatic heterocycles. The molecule has 1 amide bonds. The minimum absolute atomic E-state index is 0.215. The van der Waals surface area contributed by atoms with Crippen LogP contribution in [-0.2, 0) is 9.53 Å². The average molecular weight is 219 g/mol. The van der Waals surface area contributed by atoms with Crippen molar-refractivity contribution < 1.29 is 19.4 Å². The smallest absolute Gasteiger partial charge is 0.405 e. The number of ether oxygens (including phenoxy) is 1. The Hall–Kier alpha value is -1.10. The Kier molecular flexibility index (Phi) is 6.96. The Balaban J connectivity index is 0. The molecule has 0 bridgehead atoms. The van der Waals surface area contributed by atoms with E-state index < -0.39 is 17.3 Å². The summed E-state index contributed by atoms with van der Waals surface area (Å²) in [6.45, 7) is 8.48. The summed E-state index contributed by atoms with van der Waals surface area (Å²) in [7, 11) is 0. The van der Waals surface area contributed by atoms with Crippen molar-refractivity contribution in [2.75, 3.05) is 0 Å². The van der Waals surface area contributed by atoms with Crippen LogP contribution in [0.3, 0.4) is 0 Å². The first-order chi connectivity index (χ1) is 6.48. The summed E-state index contributed by atoms with van der Waals surface area (Å²) in [6.07, 6.45) is 0.199. The molecule has 0 aromatic rings. The molecule has 0 aliphatic rings. The second-order valence-electron chi connectivity index (χ2n) is 4.72. The summed E-state index contributed by atoms with van der Waals surface area (Å²) in [5.74, 6) is 0. The lowest BCUT2D eigenvalue weighted by Crippen LogP contribution is -2.27. The zero-order valence-corrected chi connectivity index (χ0v) is 10.0. The van der Waals surface area contributed by atoms with Gasteiger partial charge in [0.2, 0.25) is 0 Å². The number of hydrogen-bond acceptors (Lipinski definition) is 4. The number of nitrogens with two attached hydrogens (primary N) is 1. The maximum Gasteiger partial charge on any atom is 0.405 e. The van der Waals surface area contributed by atoms with Crippen molar-refractivity contribution in [3.8, 4) is 0 Å². The van der Waals surface area contributed by atoms with Gasteiger partial charge in [-0.05, 0) is 34.6 Å². The molecular formula is C10H21NO4. The normalized spacial score (nSPS) is 11.1. The third-order valence-corrected chi connectivity index (χ3v) is 0.990. The number of rotatable bonds is 2. The molecule has 0 saturated carbocycles. The molecule has 0 fully saturated rings. The van der Waals surface area contributed by atoms with Gasteiger partial charge in [-0.25, -0.2) is 4.79 Å². The van der Waals surface area contributed by atoms with Crippen LogP contribution in [0.1, 0.15) is 41.0 Å². The fourth-order valence-corrected chi connectivity index (χ4v) is 0.506. The summed E-state index contributed by atoms with van der Waals surface area (Å²) >= 11 is 0. The number of aldehydes is 1. The molecule has 90 valence electrons. The van der Waals surface area contributed by atoms with Gasteiger partial charge in [-0.3, -0.25) is 0 Å². The molecule has 0 aliphatic carbocycles. The molecule has 15 heavy (non-hydrogen) atoms. The Bertz CT molecular complexity index is 200. The lowest BCUT2D eigenvalue weighted by molar-refractivity contribution is -0.111. The van der Waals surface area contributed by atoms with E-state index in [0.717, 1.165) is 0 Å². The Morgan fingerprint density at radius 2 is 1.73 bits per heavy atom. The fraction of sp³-hybridized carbons (Fsp3) is 0.800. The molecule has 0 aromatic heterocycles. The van der Waals surface area contributed by atoms with Crippen molar-refractivity contribution in [2.24, 2.45) is 5.73 Å². The molecule has 3 N–H and O–H groups in total. The summed E-state index contributed by atoms with van der Waals surface area (Å²) in [5.41, 5.74) is 3.45. The van der Waals surface area contributed by atoms with Crippen LogP contribution in [0.4, 0.5) is 4.79 Å². The van der Waals surface area contributed by atoms with Gasteiger partial charge in [0.05, 0.1) is 5.60 Å². The lowest BCUT2D eigenvalue weighted by atomic mass is 10.1. The zero-order chi connectivity index (χ0) is 12.7. The van der Waals surface area contributed by atoms with E-state index in [1.165, 1.54) is 0 Å². The van der Waals surface area contributed by atoms with Crippen molar-refractivity contribution in [2.45, 2.75) is 52.2 Å². The standard InChI is InChI=1S/C5H11NO2.C5H10O2/c1-5(2,3)8-4(6)7;1-5(2,7)3-4-6/h1-3H3,(H2,6,7);4,7H,3H2,1-2H3. The van der Waals surface area contributed by atoms with Crippen LogP contribution in [0.5, 0.6) is 0 Å². The Labute approximate surface area is 90.6 Å². The van der Waals surface area contributed by atoms with Crippen molar-refractivity contribution >= 4 is 12.4 Å². The molecule has 0 unspecified atom stereocenters. The summed E-state index contributed by atoms with van der Waals surface area (Å²) in [4.78, 5) is 19.7. The van der Waals surface area contributed by atoms with Gasteiger partial charge in [0.25, 0.3) is 0 Å². The van der Waals surface area contributed by atoms with Gasteiger partial charge in [0.1, 0.15) is 11.9 Å². The average Bonchev–Trinajstić information content (AvgIpc) is 1.77. The van der Waals surface area contributed by atoms with Crippen LogP contribution < -0.4 is 5.73 Å². The molecule has 0 heterocycles. The molecule has 0 atom stereocenters. The summed E-state index contributed by atoms with van der Waals surface area (Å²) < 4.78 is 4.58. The molecule has 5 heteroatoms. The second-order valence-corrected chi connectivity index (χ2v) is 4.72. The Morgan fingerprint density at radius 1 is 1.33 bits per heavy atom. The molecule has 0 spiro atoms. The van der Waals surface area contributed by atoms with Crippen LogP contribution in [0.2, 0.25) is 0 Å². The SMILES string of the molecule is CC(C)(C)OC(N)=O.CC(C)(O)CC=O. The van der Waals surface area contributed by atoms with Crippen LogP contribution in [0.25, 0.3) is 0 Å². The first kappa shape index (κ1) is 16.3. The highest BCUT2D eigenvalue weighted by Crippen LogP contribution is 2.04. The maximum atomic E-state index is 10.0. The topological polar surface area (TPSA) is 89.6 Å². The van der Waals surface area contributed by atoms with E-state index in [1.54, 1.807) is 34.6 Å². The van der Waals surface area contributed by atoms with E-state index in [1.807, 2.05) is 0 Å². The van der Waals surface area contributed by atoms with Gasteiger partial charge in [-0.2, -0.15) is 0 Å². The van der Waals surface area contributed by atoms with Crippen molar-refractivity contribution in [1.82, 2.24) is 0 Å². The first-order valence-electron chi connectivity index (χ1n) is 4.62. The second kappa shape index (κ2) is 6.40. The van der Waals surface area contributed by atoms with Gasteiger partial charge in [0, 0.05) is 6.42 Å². The van der Waals surface area contributed by atoms with E-state index in [9.17, 15) is 9.59 Å². The van der Waals surface area contributed by atoms with Crippen LogP contribution in [0.15, 0.2) is 0 Å². The number of amides is 1. The fourth-order valence-electron chi connectivity index (χ4n) is 0.506. The third kappa shape index (κ3) is 24.6. The highest BCUT2D eigenvalue weighted by Gasteiger charge is 2.12. The minimum Gasteiger partial charge on any atom is -0.444 e. The monoisotopic (exact) mass is 219 g/mol. The van der Waals surface area contributed by atoms with Crippen LogP contribution in [-0.4, -0.2) is 28.7 Å². The lowest BCUT2D eigenvalue weighted by Gasteiger charge is -2.16. The molecule has 0 radical (unpaired) electrons. The van der Waals surface area contributed by atoms with E-state index in [-0.39, 0.29) is 6.42 Å². The van der Waals surface area contributed by atoms with Crippen molar-refractivity contribution in [3.05, 3.63) is 0 Å². The first-order valence-corrected chi connectivity index (χ1v) is 4.62. The van der Waals surface area contributed by atoms with Gasteiger partial charge in [0.15, 0.2) is 0 Å². The predicted octanol–water partition coefficient (Wildman–Crippen LogP) is 1.23. The van der Waals surface area contributed by atoms with Gasteiger partial charge < -0.3 is 20.4 Å². The number of primary amides is 1. The van der Waals surface area contributed by atoms with E-state index in [4.69, 9.17) is 10.8 Å². The maximum absolute atomic E-state index is 10.0. The van der Waals surface area contributed by atoms with Crippen molar-refractivity contribution in [3.63, 3.8) is 0 Å². The third-order valence-electron chi connectivity index (χ3n) is 0.990. The predicted molar refractivity (Wildman–Crippen MR) is 57.4 cm³/mol. The largest absolute Gasteiger partial charge is 0.444 e. The zero-order valence-electron chi connectivity index (χ0n) is 10.0. The highest BCUT2D eigenvalue weighted by molar-refractivity contribution is 5.65. The molecular weight excluding hydrogens is 198 g/mol. The number of carbonyl (C=O) groups excluding carboxylic acids is 2. The number of hydrogen-bond donors (Lipinski definition) is 2. The number of aliphatic hydroxyl groups is 1. The molecule has 0 rings (SSSR count). The van der Waals surface area contributed by atoms with Gasteiger partial charge in [-0.15, -0.1) is 0 Å². The Morgan fingerprint density at radius 3 is 1.73 bits per heavy atom. The van der Waals surface area contributed by atoms with E-state index >= 15 is 0 Å². The van der Waals surface area contributed by atoms with Gasteiger partial charge in [-0.1, -0.05) is 0 Å². The van der Waals surface area contributed by atoms with Crippen molar-refractivity contribution in [1.29, 1.82) is 0 Å². The molecule has 0 saturated heterocycles. The van der Waals surface area contributed by atoms with Crippen LogP contribution >= 0.6 is 0 Å². The van der Waals surface area contributed by atoms with Crippen LogP contribution in [0, 0.1) is 0 Å². The molecule has 5 nitrogen and oxygen atoms in total. The minimum atomic E-state index is -0.818. The number of carbonyl (C=O) groups is 2. The van der Waals surface area contributed by atoms with E-state index in [0.29, 0.717) is 6.29 Å². The van der Waals surface area contributed by atoms with Gasteiger partial charge >= 0.3 is 6.09 Å². The summed E-state index contributed by atoms with van der Waals surface area (Å²) in [5, 5.41) is 8.79. The quantitative estimate of drug-likeness (QED) is 0.683. The summed E-state index contributed by atoms with van der Waals surface area (Å²) in [6, 6.07) is 0. The van der Waals surface area contributed by atoms with E-state index in [2.05, 4.69) is 4.74 Å².